The van der Waals surface area contributed by atoms with Crippen molar-refractivity contribution in [2.45, 2.75) is 18.4 Å². The van der Waals surface area contributed by atoms with Crippen molar-refractivity contribution in [1.29, 1.82) is 0 Å². The quantitative estimate of drug-likeness (QED) is 0.610. The minimum Gasteiger partial charge on any atom is -0.480 e. The molecular formula is C24H21ClN2O4. The fourth-order valence-corrected chi connectivity index (χ4v) is 4.20. The van der Waals surface area contributed by atoms with Crippen LogP contribution in [0.1, 0.15) is 22.6 Å². The highest BCUT2D eigenvalue weighted by Gasteiger charge is 2.32. The lowest BCUT2D eigenvalue weighted by Crippen LogP contribution is -2.44. The number of nitrogens with zero attached hydrogens (tertiary/aromatic N) is 2. The zero-order valence-electron chi connectivity index (χ0n) is 16.9. The van der Waals surface area contributed by atoms with Gasteiger partial charge in [-0.1, -0.05) is 60.1 Å². The number of pyridine rings is 1. The lowest BCUT2D eigenvalue weighted by atomic mass is 9.98. The fourth-order valence-electron chi connectivity index (χ4n) is 4.00. The molecule has 1 aliphatic rings. The second-order valence-corrected chi connectivity index (χ2v) is 7.92. The van der Waals surface area contributed by atoms with Gasteiger partial charge < -0.3 is 9.84 Å². The van der Waals surface area contributed by atoms with Crippen molar-refractivity contribution in [3.8, 4) is 11.1 Å². The van der Waals surface area contributed by atoms with E-state index in [1.807, 2.05) is 36.4 Å². The van der Waals surface area contributed by atoms with Gasteiger partial charge in [0.05, 0.1) is 5.02 Å². The van der Waals surface area contributed by atoms with Crippen LogP contribution in [0.5, 0.6) is 0 Å². The molecule has 7 heteroatoms. The van der Waals surface area contributed by atoms with E-state index in [0.29, 0.717) is 10.6 Å². The summed E-state index contributed by atoms with van der Waals surface area (Å²) in [5, 5.41) is 10.1. The maximum absolute atomic E-state index is 12.7. The molecule has 0 radical (unpaired) electrons. The van der Waals surface area contributed by atoms with Gasteiger partial charge in [-0.3, -0.25) is 9.88 Å². The maximum Gasteiger partial charge on any atom is 0.410 e. The Kier molecular flexibility index (Phi) is 5.91. The first-order valence-electron chi connectivity index (χ1n) is 9.85. The van der Waals surface area contributed by atoms with E-state index in [9.17, 15) is 14.7 Å². The number of amides is 1. The number of hydrogen-bond donors (Lipinski definition) is 1. The number of aliphatic carboxylic acids is 1. The first-order valence-corrected chi connectivity index (χ1v) is 10.2. The maximum atomic E-state index is 12.7. The third-order valence-corrected chi connectivity index (χ3v) is 5.77. The number of aromatic nitrogens is 1. The molecule has 158 valence electrons. The molecule has 2 aromatic carbocycles. The van der Waals surface area contributed by atoms with Gasteiger partial charge in [-0.25, -0.2) is 9.59 Å². The van der Waals surface area contributed by atoms with Crippen LogP contribution in [0.15, 0.2) is 67.0 Å². The average Bonchev–Trinajstić information content (AvgIpc) is 3.09. The van der Waals surface area contributed by atoms with E-state index < -0.39 is 18.1 Å². The predicted octanol–water partition coefficient (Wildman–Crippen LogP) is 4.61. The number of ether oxygens (including phenoxy) is 1. The molecule has 0 saturated heterocycles. The van der Waals surface area contributed by atoms with Crippen molar-refractivity contribution in [2.24, 2.45) is 0 Å². The van der Waals surface area contributed by atoms with E-state index in [-0.39, 0.29) is 18.9 Å². The second-order valence-electron chi connectivity index (χ2n) is 7.48. The summed E-state index contributed by atoms with van der Waals surface area (Å²) in [4.78, 5) is 29.6. The molecule has 0 aliphatic heterocycles. The van der Waals surface area contributed by atoms with Gasteiger partial charge in [0.25, 0.3) is 0 Å². The van der Waals surface area contributed by atoms with Crippen LogP contribution < -0.4 is 0 Å². The van der Waals surface area contributed by atoms with Crippen molar-refractivity contribution < 1.29 is 19.4 Å². The zero-order valence-corrected chi connectivity index (χ0v) is 17.6. The molecule has 1 atom stereocenters. The number of carbonyl (C=O) groups excluding carboxylic acids is 1. The molecule has 0 spiro atoms. The van der Waals surface area contributed by atoms with Crippen LogP contribution >= 0.6 is 11.6 Å². The van der Waals surface area contributed by atoms with E-state index in [2.05, 4.69) is 17.1 Å². The zero-order chi connectivity index (χ0) is 22.0. The van der Waals surface area contributed by atoms with Gasteiger partial charge in [0.15, 0.2) is 0 Å². The number of halogens is 1. The lowest BCUT2D eigenvalue weighted by molar-refractivity contribution is -0.142. The van der Waals surface area contributed by atoms with Crippen LogP contribution in [0.4, 0.5) is 4.79 Å². The molecule has 6 nitrogen and oxygen atoms in total. The van der Waals surface area contributed by atoms with Gasteiger partial charge in [0.1, 0.15) is 12.6 Å². The summed E-state index contributed by atoms with van der Waals surface area (Å²) in [7, 11) is 1.43. The van der Waals surface area contributed by atoms with Gasteiger partial charge in [-0.2, -0.15) is 0 Å². The Balaban J connectivity index is 1.48. The minimum absolute atomic E-state index is 0.0730. The summed E-state index contributed by atoms with van der Waals surface area (Å²) in [5.74, 6) is -1.22. The molecule has 1 N–H and O–H groups in total. The van der Waals surface area contributed by atoms with Gasteiger partial charge >= 0.3 is 12.1 Å². The van der Waals surface area contributed by atoms with Crippen molar-refractivity contribution in [1.82, 2.24) is 9.88 Å². The van der Waals surface area contributed by atoms with E-state index in [1.54, 1.807) is 6.07 Å². The molecule has 0 fully saturated rings. The molecule has 0 bridgehead atoms. The number of rotatable bonds is 6. The Morgan fingerprint density at radius 1 is 1.10 bits per heavy atom. The highest BCUT2D eigenvalue weighted by atomic mass is 35.5. The highest BCUT2D eigenvalue weighted by Crippen LogP contribution is 2.44. The number of hydrogen-bond acceptors (Lipinski definition) is 4. The first-order chi connectivity index (χ1) is 15.0. The lowest BCUT2D eigenvalue weighted by Gasteiger charge is -2.25. The smallest absolute Gasteiger partial charge is 0.410 e. The summed E-state index contributed by atoms with van der Waals surface area (Å²) in [5.41, 5.74) is 5.07. The molecular weight excluding hydrogens is 416 g/mol. The van der Waals surface area contributed by atoms with E-state index in [1.165, 1.54) is 19.4 Å². The number of likely N-dealkylation sites (N-methyl/N-ethyl adjacent to an activating group) is 1. The molecule has 0 unspecified atom stereocenters. The standard InChI is InChI=1S/C24H21ClN2O4/c1-27(22(23(28)29)11-15-10-16(25)13-26-12-15)24(30)31-14-21-19-8-4-2-6-17(19)18-7-3-5-9-20(18)21/h2-10,12-13,21-22H,11,14H2,1H3,(H,28,29)/t22-/m0/s1. The molecule has 0 saturated carbocycles. The predicted molar refractivity (Wildman–Crippen MR) is 117 cm³/mol. The summed E-state index contributed by atoms with van der Waals surface area (Å²) < 4.78 is 5.58. The molecule has 1 aliphatic carbocycles. The van der Waals surface area contributed by atoms with Gasteiger partial charge in [-0.05, 0) is 33.9 Å². The van der Waals surface area contributed by atoms with Crippen LogP contribution in [0, 0.1) is 0 Å². The van der Waals surface area contributed by atoms with E-state index >= 15 is 0 Å². The van der Waals surface area contributed by atoms with Crippen molar-refractivity contribution in [3.05, 3.63) is 88.7 Å². The average molecular weight is 437 g/mol. The summed E-state index contributed by atoms with van der Waals surface area (Å²) >= 11 is 5.94. The number of carbonyl (C=O) groups is 2. The fraction of sp³-hybridized carbons (Fsp3) is 0.208. The number of benzene rings is 2. The third-order valence-electron chi connectivity index (χ3n) is 5.57. The van der Waals surface area contributed by atoms with Crippen molar-refractivity contribution in [3.63, 3.8) is 0 Å². The number of fused-ring (bicyclic) bond motifs is 3. The largest absolute Gasteiger partial charge is 0.480 e. The summed E-state index contributed by atoms with van der Waals surface area (Å²) in [6.07, 6.45) is 2.39. The second kappa shape index (κ2) is 8.78. The summed E-state index contributed by atoms with van der Waals surface area (Å²) in [6, 6.07) is 16.6. The Hall–Kier alpha value is -3.38. The van der Waals surface area contributed by atoms with Gasteiger partial charge in [-0.15, -0.1) is 0 Å². The number of carboxylic acids is 1. The number of carboxylic acid groups (broad SMARTS) is 1. The molecule has 31 heavy (non-hydrogen) atoms. The molecule has 1 heterocycles. The van der Waals surface area contributed by atoms with Crippen LogP contribution in [0.25, 0.3) is 11.1 Å². The van der Waals surface area contributed by atoms with Crippen LogP contribution in [-0.2, 0) is 16.0 Å². The topological polar surface area (TPSA) is 79.7 Å². The van der Waals surface area contributed by atoms with E-state index in [4.69, 9.17) is 16.3 Å². The Labute approximate surface area is 185 Å². The van der Waals surface area contributed by atoms with Gasteiger partial charge in [0, 0.05) is 31.8 Å². The molecule has 1 amide bonds. The van der Waals surface area contributed by atoms with Gasteiger partial charge in [0.2, 0.25) is 0 Å². The monoisotopic (exact) mass is 436 g/mol. The summed E-state index contributed by atoms with van der Waals surface area (Å²) in [6.45, 7) is 0.127. The third kappa shape index (κ3) is 4.25. The Morgan fingerprint density at radius 3 is 2.29 bits per heavy atom. The molecule has 1 aromatic heterocycles. The normalized spacial score (nSPS) is 13.2. The molecule has 4 rings (SSSR count). The van der Waals surface area contributed by atoms with Crippen molar-refractivity contribution >= 4 is 23.7 Å². The van der Waals surface area contributed by atoms with Crippen LogP contribution in [0.2, 0.25) is 5.02 Å². The Bertz CT molecular complexity index is 1090. The Morgan fingerprint density at radius 2 is 1.71 bits per heavy atom. The SMILES string of the molecule is CN(C(=O)OCC1c2ccccc2-c2ccccc21)[C@@H](Cc1cncc(Cl)c1)C(=O)O. The minimum atomic E-state index is -1.13. The van der Waals surface area contributed by atoms with E-state index in [0.717, 1.165) is 27.2 Å². The van der Waals surface area contributed by atoms with Crippen LogP contribution in [-0.4, -0.2) is 46.7 Å². The van der Waals surface area contributed by atoms with Crippen molar-refractivity contribution in [2.75, 3.05) is 13.7 Å². The van der Waals surface area contributed by atoms with Crippen LogP contribution in [0.3, 0.4) is 0 Å². The highest BCUT2D eigenvalue weighted by molar-refractivity contribution is 6.30. The first kappa shape index (κ1) is 20.9. The molecule has 3 aromatic rings.